The molecule has 0 saturated carbocycles. The molecule has 1 aromatic rings. The molecule has 0 aromatic heterocycles. The predicted molar refractivity (Wildman–Crippen MR) is 86.8 cm³/mol. The minimum absolute atomic E-state index is 0.0811. The van der Waals surface area contributed by atoms with Gasteiger partial charge in [0.15, 0.2) is 0 Å². The number of rotatable bonds is 5. The van der Waals surface area contributed by atoms with Crippen molar-refractivity contribution in [2.24, 2.45) is 0 Å². The number of hydrogen-bond acceptors (Lipinski definition) is 4. The van der Waals surface area contributed by atoms with Crippen molar-refractivity contribution in [3.8, 4) is 0 Å². The molecule has 0 aliphatic carbocycles. The van der Waals surface area contributed by atoms with Crippen LogP contribution in [0.5, 0.6) is 0 Å². The van der Waals surface area contributed by atoms with Gasteiger partial charge in [0.25, 0.3) is 5.91 Å². The van der Waals surface area contributed by atoms with Gasteiger partial charge in [0.2, 0.25) is 0 Å². The SMILES string of the molecule is CCO/C=C1\SC(=S)N(CCc2ccc(Cl)cc2)C1=O. The lowest BCUT2D eigenvalue weighted by Crippen LogP contribution is -2.30. The van der Waals surface area contributed by atoms with Gasteiger partial charge >= 0.3 is 0 Å². The number of thioether (sulfide) groups is 1. The lowest BCUT2D eigenvalue weighted by molar-refractivity contribution is -0.122. The number of halogens is 1. The molecule has 0 atom stereocenters. The van der Waals surface area contributed by atoms with Gasteiger partial charge in [0, 0.05) is 11.6 Å². The maximum absolute atomic E-state index is 12.1. The van der Waals surface area contributed by atoms with Crippen molar-refractivity contribution in [3.05, 3.63) is 46.0 Å². The Kier molecular flexibility index (Phi) is 5.46. The lowest BCUT2D eigenvalue weighted by Gasteiger charge is -2.14. The van der Waals surface area contributed by atoms with Crippen LogP contribution in [0.1, 0.15) is 12.5 Å². The van der Waals surface area contributed by atoms with E-state index in [-0.39, 0.29) is 5.91 Å². The molecule has 3 nitrogen and oxygen atoms in total. The molecule has 0 N–H and O–H groups in total. The number of ether oxygens (including phenoxy) is 1. The monoisotopic (exact) mass is 327 g/mol. The van der Waals surface area contributed by atoms with Crippen molar-refractivity contribution in [2.75, 3.05) is 13.2 Å². The predicted octanol–water partition coefficient (Wildman–Crippen LogP) is 3.62. The summed E-state index contributed by atoms with van der Waals surface area (Å²) in [4.78, 5) is 14.3. The molecular formula is C14H14ClNO2S2. The van der Waals surface area contributed by atoms with Gasteiger partial charge in [0.1, 0.15) is 15.5 Å². The Hall–Kier alpha value is -1.04. The summed E-state index contributed by atoms with van der Waals surface area (Å²) in [5.41, 5.74) is 1.12. The van der Waals surface area contributed by atoms with Gasteiger partial charge in [-0.15, -0.1) is 0 Å². The van der Waals surface area contributed by atoms with Crippen LogP contribution in [0.25, 0.3) is 0 Å². The molecule has 106 valence electrons. The third kappa shape index (κ3) is 3.75. The fourth-order valence-electron chi connectivity index (χ4n) is 1.73. The molecule has 1 aromatic carbocycles. The molecule has 2 rings (SSSR count). The van der Waals surface area contributed by atoms with Gasteiger partial charge in [-0.1, -0.05) is 47.7 Å². The molecule has 0 spiro atoms. The molecule has 1 aliphatic rings. The van der Waals surface area contributed by atoms with Gasteiger partial charge < -0.3 is 4.74 Å². The topological polar surface area (TPSA) is 29.5 Å². The van der Waals surface area contributed by atoms with Crippen LogP contribution in [0, 0.1) is 0 Å². The highest BCUT2D eigenvalue weighted by Gasteiger charge is 2.32. The summed E-state index contributed by atoms with van der Waals surface area (Å²) in [6, 6.07) is 7.60. The second-order valence-corrected chi connectivity index (χ2v) is 6.25. The first-order chi connectivity index (χ1) is 9.61. The van der Waals surface area contributed by atoms with Crippen molar-refractivity contribution in [3.63, 3.8) is 0 Å². The first-order valence-corrected chi connectivity index (χ1v) is 7.82. The van der Waals surface area contributed by atoms with Crippen molar-refractivity contribution in [2.45, 2.75) is 13.3 Å². The molecule has 6 heteroatoms. The van der Waals surface area contributed by atoms with E-state index in [2.05, 4.69) is 0 Å². The van der Waals surface area contributed by atoms with E-state index in [0.29, 0.717) is 27.4 Å². The Bertz CT molecular complexity index is 543. The number of nitrogens with zero attached hydrogens (tertiary/aromatic N) is 1. The van der Waals surface area contributed by atoms with Gasteiger partial charge in [-0.25, -0.2) is 0 Å². The lowest BCUT2D eigenvalue weighted by atomic mass is 10.1. The maximum Gasteiger partial charge on any atom is 0.269 e. The van der Waals surface area contributed by atoms with Crippen molar-refractivity contribution < 1.29 is 9.53 Å². The first-order valence-electron chi connectivity index (χ1n) is 6.21. The molecule has 20 heavy (non-hydrogen) atoms. The minimum Gasteiger partial charge on any atom is -0.500 e. The van der Waals surface area contributed by atoms with Crippen LogP contribution >= 0.6 is 35.6 Å². The highest BCUT2D eigenvalue weighted by Crippen LogP contribution is 2.30. The molecule has 1 aliphatic heterocycles. The maximum atomic E-state index is 12.1. The van der Waals surface area contributed by atoms with Gasteiger partial charge in [0.05, 0.1) is 6.61 Å². The Morgan fingerprint density at radius 3 is 2.75 bits per heavy atom. The molecule has 1 amide bonds. The Balaban J connectivity index is 1.97. The zero-order chi connectivity index (χ0) is 14.5. The van der Waals surface area contributed by atoms with E-state index in [1.54, 1.807) is 4.90 Å². The van der Waals surface area contributed by atoms with Crippen LogP contribution in [0.2, 0.25) is 5.02 Å². The molecule has 1 saturated heterocycles. The van der Waals surface area contributed by atoms with Crippen LogP contribution in [0.4, 0.5) is 0 Å². The largest absolute Gasteiger partial charge is 0.500 e. The summed E-state index contributed by atoms with van der Waals surface area (Å²) in [7, 11) is 0. The third-order valence-corrected chi connectivity index (χ3v) is 4.38. The molecule has 1 fully saturated rings. The summed E-state index contributed by atoms with van der Waals surface area (Å²) >= 11 is 12.4. The van der Waals surface area contributed by atoms with E-state index in [9.17, 15) is 4.79 Å². The normalized spacial score (nSPS) is 17.1. The summed E-state index contributed by atoms with van der Waals surface area (Å²) in [6.45, 7) is 2.97. The van der Waals surface area contributed by atoms with Crippen LogP contribution < -0.4 is 0 Å². The second kappa shape index (κ2) is 7.11. The third-order valence-electron chi connectivity index (χ3n) is 2.77. The average Bonchev–Trinajstić information content (AvgIpc) is 2.71. The fraction of sp³-hybridized carbons (Fsp3) is 0.286. The van der Waals surface area contributed by atoms with Gasteiger partial charge in [-0.05, 0) is 31.0 Å². The van der Waals surface area contributed by atoms with Crippen LogP contribution in [-0.4, -0.2) is 28.3 Å². The van der Waals surface area contributed by atoms with E-state index in [0.717, 1.165) is 12.0 Å². The highest BCUT2D eigenvalue weighted by molar-refractivity contribution is 8.26. The summed E-state index contributed by atoms with van der Waals surface area (Å²) < 4.78 is 5.73. The van der Waals surface area contributed by atoms with E-state index in [1.807, 2.05) is 31.2 Å². The number of hydrogen-bond donors (Lipinski definition) is 0. The summed E-state index contributed by atoms with van der Waals surface area (Å²) in [5.74, 6) is -0.0811. The van der Waals surface area contributed by atoms with E-state index >= 15 is 0 Å². The van der Waals surface area contributed by atoms with Crippen LogP contribution in [0.15, 0.2) is 35.4 Å². The molecule has 0 radical (unpaired) electrons. The number of benzene rings is 1. The standard InChI is InChI=1S/C14H14ClNO2S2/c1-2-18-9-12-13(17)16(14(19)20-12)8-7-10-3-5-11(15)6-4-10/h3-6,9H,2,7-8H2,1H3/b12-9-. The number of carbonyl (C=O) groups excluding carboxylic acids is 1. The Morgan fingerprint density at radius 2 is 2.10 bits per heavy atom. The molecule has 0 unspecified atom stereocenters. The Labute approximate surface area is 132 Å². The first kappa shape index (κ1) is 15.4. The Morgan fingerprint density at radius 1 is 1.40 bits per heavy atom. The smallest absolute Gasteiger partial charge is 0.269 e. The number of amides is 1. The van der Waals surface area contributed by atoms with Crippen molar-refractivity contribution in [1.82, 2.24) is 4.90 Å². The minimum atomic E-state index is -0.0811. The average molecular weight is 328 g/mol. The molecular weight excluding hydrogens is 314 g/mol. The zero-order valence-electron chi connectivity index (χ0n) is 11.0. The van der Waals surface area contributed by atoms with Crippen molar-refractivity contribution in [1.29, 1.82) is 0 Å². The van der Waals surface area contributed by atoms with Gasteiger partial charge in [-0.2, -0.15) is 0 Å². The fourth-order valence-corrected chi connectivity index (χ4v) is 3.08. The number of thiocarbonyl (C=S) groups is 1. The van der Waals surface area contributed by atoms with E-state index < -0.39 is 0 Å². The number of carbonyl (C=O) groups is 1. The zero-order valence-corrected chi connectivity index (χ0v) is 13.4. The van der Waals surface area contributed by atoms with E-state index in [4.69, 9.17) is 28.6 Å². The van der Waals surface area contributed by atoms with Crippen molar-refractivity contribution >= 4 is 45.8 Å². The van der Waals surface area contributed by atoms with Crippen LogP contribution in [-0.2, 0) is 16.0 Å². The molecule has 1 heterocycles. The molecule has 0 bridgehead atoms. The highest BCUT2D eigenvalue weighted by atomic mass is 35.5. The van der Waals surface area contributed by atoms with Gasteiger partial charge in [-0.3, -0.25) is 9.69 Å². The van der Waals surface area contributed by atoms with E-state index in [1.165, 1.54) is 18.0 Å². The van der Waals surface area contributed by atoms with Crippen LogP contribution in [0.3, 0.4) is 0 Å². The quantitative estimate of drug-likeness (QED) is 0.469. The second-order valence-electron chi connectivity index (χ2n) is 4.14. The summed E-state index contributed by atoms with van der Waals surface area (Å²) in [6.07, 6.45) is 2.23. The summed E-state index contributed by atoms with van der Waals surface area (Å²) in [5, 5.41) is 0.707.